The highest BCUT2D eigenvalue weighted by molar-refractivity contribution is 8.00. The molecule has 0 fully saturated rings. The van der Waals surface area contributed by atoms with Crippen LogP contribution in [-0.4, -0.2) is 27.5 Å². The average Bonchev–Trinajstić information content (AvgIpc) is 3.28. The number of ether oxygens (including phenoxy) is 2. The van der Waals surface area contributed by atoms with Crippen molar-refractivity contribution in [2.75, 3.05) is 12.1 Å². The fourth-order valence-corrected chi connectivity index (χ4v) is 5.11. The van der Waals surface area contributed by atoms with Crippen molar-refractivity contribution in [3.8, 4) is 11.5 Å². The van der Waals surface area contributed by atoms with Crippen LogP contribution in [0.3, 0.4) is 0 Å². The summed E-state index contributed by atoms with van der Waals surface area (Å²) in [5, 5.41) is 3.55. The number of benzene rings is 1. The van der Waals surface area contributed by atoms with E-state index in [4.69, 9.17) is 14.5 Å². The number of hydrogen-bond donors (Lipinski definition) is 1. The van der Waals surface area contributed by atoms with Crippen LogP contribution >= 0.6 is 23.1 Å². The molecular weight excluding hydrogens is 422 g/mol. The molecule has 1 aromatic carbocycles. The minimum Gasteiger partial charge on any atom is -0.454 e. The van der Waals surface area contributed by atoms with Crippen molar-refractivity contribution in [1.82, 2.24) is 9.55 Å². The number of thioether (sulfide) groups is 1. The average molecular weight is 444 g/mol. The van der Waals surface area contributed by atoms with Crippen LogP contribution in [0.2, 0.25) is 0 Å². The highest BCUT2D eigenvalue weighted by Gasteiger charge is 2.22. The van der Waals surface area contributed by atoms with Crippen LogP contribution in [0.5, 0.6) is 11.5 Å². The van der Waals surface area contributed by atoms with Crippen molar-refractivity contribution < 1.29 is 14.3 Å². The van der Waals surface area contributed by atoms with Crippen LogP contribution in [0, 0.1) is 13.8 Å². The highest BCUT2D eigenvalue weighted by Crippen LogP contribution is 2.35. The van der Waals surface area contributed by atoms with Crippen LogP contribution < -0.4 is 20.3 Å². The van der Waals surface area contributed by atoms with Crippen LogP contribution in [0.1, 0.15) is 17.4 Å². The summed E-state index contributed by atoms with van der Waals surface area (Å²) in [6, 6.07) is 5.25. The Morgan fingerprint density at radius 1 is 1.40 bits per heavy atom. The zero-order valence-electron chi connectivity index (χ0n) is 16.9. The van der Waals surface area contributed by atoms with Gasteiger partial charge in [0.05, 0.1) is 10.6 Å². The number of aryl methyl sites for hydroxylation is 2. The molecule has 1 aliphatic heterocycles. The second-order valence-electron chi connectivity index (χ2n) is 6.88. The highest BCUT2D eigenvalue weighted by atomic mass is 32.2. The predicted molar refractivity (Wildman–Crippen MR) is 120 cm³/mol. The van der Waals surface area contributed by atoms with Gasteiger partial charge in [0, 0.05) is 23.2 Å². The Morgan fingerprint density at radius 3 is 2.93 bits per heavy atom. The lowest BCUT2D eigenvalue weighted by Crippen LogP contribution is -2.26. The lowest BCUT2D eigenvalue weighted by Gasteiger charge is -2.15. The third kappa shape index (κ3) is 3.70. The van der Waals surface area contributed by atoms with Crippen molar-refractivity contribution in [2.45, 2.75) is 37.7 Å². The van der Waals surface area contributed by atoms with Gasteiger partial charge < -0.3 is 14.8 Å². The molecule has 1 amide bonds. The van der Waals surface area contributed by atoms with Crippen LogP contribution in [0.15, 0.2) is 40.8 Å². The zero-order chi connectivity index (χ0) is 21.4. The van der Waals surface area contributed by atoms with Gasteiger partial charge in [-0.25, -0.2) is 4.98 Å². The van der Waals surface area contributed by atoms with Crippen molar-refractivity contribution in [3.05, 3.63) is 51.6 Å². The summed E-state index contributed by atoms with van der Waals surface area (Å²) < 4.78 is 12.2. The second-order valence-corrected chi connectivity index (χ2v) is 9.39. The fraction of sp³-hybridized carbons (Fsp3) is 0.286. The van der Waals surface area contributed by atoms with Gasteiger partial charge in [-0.15, -0.1) is 17.9 Å². The van der Waals surface area contributed by atoms with Gasteiger partial charge >= 0.3 is 0 Å². The number of aromatic nitrogens is 2. The van der Waals surface area contributed by atoms with E-state index >= 15 is 0 Å². The maximum absolute atomic E-state index is 13.1. The van der Waals surface area contributed by atoms with Crippen molar-refractivity contribution in [2.24, 2.45) is 0 Å². The minimum atomic E-state index is -0.474. The Balaban J connectivity index is 1.59. The van der Waals surface area contributed by atoms with E-state index in [1.54, 1.807) is 35.8 Å². The molecule has 9 heteroatoms. The van der Waals surface area contributed by atoms with Crippen molar-refractivity contribution in [3.63, 3.8) is 0 Å². The molecule has 1 N–H and O–H groups in total. The van der Waals surface area contributed by atoms with Gasteiger partial charge in [-0.05, 0) is 38.5 Å². The van der Waals surface area contributed by atoms with E-state index in [1.165, 1.54) is 23.1 Å². The Hall–Kier alpha value is -2.78. The molecule has 0 saturated heterocycles. The van der Waals surface area contributed by atoms with Gasteiger partial charge in [0.1, 0.15) is 4.83 Å². The summed E-state index contributed by atoms with van der Waals surface area (Å²) >= 11 is 2.74. The SMILES string of the molecule is C=CCn1c(S[C@@H](C)C(=O)Nc2ccc3c(c2)OCO3)nc2sc(C)c(C)c2c1=O. The third-order valence-corrected chi connectivity index (χ3v) is 7.05. The summed E-state index contributed by atoms with van der Waals surface area (Å²) in [5.74, 6) is 1.06. The molecular formula is C21H21N3O4S2. The van der Waals surface area contributed by atoms with Crippen molar-refractivity contribution in [1.29, 1.82) is 0 Å². The molecule has 3 heterocycles. The van der Waals surface area contributed by atoms with Crippen molar-refractivity contribution >= 4 is 44.9 Å². The number of nitrogens with one attached hydrogen (secondary N) is 1. The number of thiophene rings is 1. The fourth-order valence-electron chi connectivity index (χ4n) is 3.12. The number of hydrogen-bond acceptors (Lipinski definition) is 7. The molecule has 0 bridgehead atoms. The van der Waals surface area contributed by atoms with Gasteiger partial charge in [-0.2, -0.15) is 0 Å². The minimum absolute atomic E-state index is 0.104. The molecule has 30 heavy (non-hydrogen) atoms. The number of rotatable bonds is 6. The normalized spacial score (nSPS) is 13.4. The molecule has 3 aromatic rings. The second kappa shape index (κ2) is 8.16. The standard InChI is InChI=1S/C21H21N3O4S2/c1-5-8-24-20(26)17-11(2)12(3)29-19(17)23-21(24)30-13(4)18(25)22-14-6-7-15-16(9-14)28-10-27-15/h5-7,9,13H,1,8,10H2,2-4H3,(H,22,25)/t13-/m0/s1. The monoisotopic (exact) mass is 443 g/mol. The molecule has 0 unspecified atom stereocenters. The first-order valence-corrected chi connectivity index (χ1v) is 11.1. The Labute approximate surface area is 181 Å². The summed E-state index contributed by atoms with van der Waals surface area (Å²) in [4.78, 5) is 32.3. The van der Waals surface area contributed by atoms with Gasteiger partial charge in [0.15, 0.2) is 16.7 Å². The number of allylic oxidation sites excluding steroid dienone is 1. The molecule has 1 aliphatic rings. The first-order chi connectivity index (χ1) is 14.4. The van der Waals surface area contributed by atoms with E-state index in [2.05, 4.69) is 11.9 Å². The van der Waals surface area contributed by atoms with Gasteiger partial charge in [0.25, 0.3) is 5.56 Å². The summed E-state index contributed by atoms with van der Waals surface area (Å²) in [6.45, 7) is 9.95. The summed E-state index contributed by atoms with van der Waals surface area (Å²) in [5.41, 5.74) is 1.47. The first-order valence-electron chi connectivity index (χ1n) is 9.37. The smallest absolute Gasteiger partial charge is 0.263 e. The Bertz CT molecular complexity index is 1220. The molecule has 1 atom stereocenters. The number of fused-ring (bicyclic) bond motifs is 2. The number of carbonyl (C=O) groups excluding carboxylic acids is 1. The number of anilines is 1. The Kier molecular flexibility index (Phi) is 5.57. The van der Waals surface area contributed by atoms with E-state index in [0.29, 0.717) is 39.1 Å². The molecule has 0 spiro atoms. The van der Waals surface area contributed by atoms with Gasteiger partial charge in [0.2, 0.25) is 12.7 Å². The topological polar surface area (TPSA) is 82.5 Å². The summed E-state index contributed by atoms with van der Waals surface area (Å²) in [6.07, 6.45) is 1.66. The number of carbonyl (C=O) groups is 1. The maximum Gasteiger partial charge on any atom is 0.263 e. The van der Waals surface area contributed by atoms with E-state index < -0.39 is 5.25 Å². The van der Waals surface area contributed by atoms with E-state index in [9.17, 15) is 9.59 Å². The largest absolute Gasteiger partial charge is 0.454 e. The van der Waals surface area contributed by atoms with E-state index in [0.717, 1.165) is 10.4 Å². The van der Waals surface area contributed by atoms with Crippen LogP contribution in [-0.2, 0) is 11.3 Å². The van der Waals surface area contributed by atoms with Crippen LogP contribution in [0.25, 0.3) is 10.2 Å². The van der Waals surface area contributed by atoms with Gasteiger partial charge in [-0.3, -0.25) is 14.2 Å². The van der Waals surface area contributed by atoms with E-state index in [1.807, 2.05) is 13.8 Å². The molecule has 0 radical (unpaired) electrons. The molecule has 0 saturated carbocycles. The lowest BCUT2D eigenvalue weighted by atomic mass is 10.2. The number of nitrogens with zero attached hydrogens (tertiary/aromatic N) is 2. The lowest BCUT2D eigenvalue weighted by molar-refractivity contribution is -0.115. The molecule has 156 valence electrons. The molecule has 7 nitrogen and oxygen atoms in total. The summed E-state index contributed by atoms with van der Waals surface area (Å²) in [7, 11) is 0. The number of amides is 1. The molecule has 0 aliphatic carbocycles. The predicted octanol–water partition coefficient (Wildman–Crippen LogP) is 4.11. The van der Waals surface area contributed by atoms with Gasteiger partial charge in [-0.1, -0.05) is 17.8 Å². The molecule has 2 aromatic heterocycles. The molecule has 4 rings (SSSR count). The first kappa shape index (κ1) is 20.5. The quantitative estimate of drug-likeness (QED) is 0.351. The van der Waals surface area contributed by atoms with E-state index in [-0.39, 0.29) is 18.3 Å². The Morgan fingerprint density at radius 2 is 2.17 bits per heavy atom. The van der Waals surface area contributed by atoms with Crippen LogP contribution in [0.4, 0.5) is 5.69 Å². The zero-order valence-corrected chi connectivity index (χ0v) is 18.5. The third-order valence-electron chi connectivity index (χ3n) is 4.86. The maximum atomic E-state index is 13.1.